The number of hydrogen-bond acceptors (Lipinski definition) is 2. The predicted molar refractivity (Wildman–Crippen MR) is 74.6 cm³/mol. The van der Waals surface area contributed by atoms with E-state index in [1.807, 2.05) is 18.2 Å². The fourth-order valence-electron chi connectivity index (χ4n) is 2.24. The molecule has 0 aliphatic rings. The second kappa shape index (κ2) is 7.91. The molecule has 1 rings (SSSR count). The molecule has 2 unspecified atom stereocenters. The number of carbonyl (C=O) groups excluding carboxylic acids is 1. The van der Waals surface area contributed by atoms with E-state index in [0.717, 1.165) is 6.42 Å². The molecule has 0 fully saturated rings. The Kier molecular flexibility index (Phi) is 6.48. The molecule has 0 heterocycles. The summed E-state index contributed by atoms with van der Waals surface area (Å²) in [5.41, 5.74) is 0.631. The van der Waals surface area contributed by atoms with Crippen molar-refractivity contribution < 1.29 is 9.53 Å². The molecular formula is C16H24O2. The highest BCUT2D eigenvalue weighted by Gasteiger charge is 2.12. The minimum absolute atomic E-state index is 0.217. The van der Waals surface area contributed by atoms with Crippen LogP contribution in [-0.4, -0.2) is 12.6 Å². The summed E-state index contributed by atoms with van der Waals surface area (Å²) in [5.74, 6) is 0.922. The molecule has 0 saturated heterocycles. The van der Waals surface area contributed by atoms with Crippen LogP contribution >= 0.6 is 0 Å². The first kappa shape index (κ1) is 14.7. The first-order valence-electron chi connectivity index (χ1n) is 6.85. The summed E-state index contributed by atoms with van der Waals surface area (Å²) in [6.45, 7) is 7.13. The molecule has 0 spiro atoms. The van der Waals surface area contributed by atoms with Gasteiger partial charge in [-0.1, -0.05) is 51.8 Å². The van der Waals surface area contributed by atoms with Crippen molar-refractivity contribution in [2.24, 2.45) is 11.8 Å². The Morgan fingerprint density at radius 3 is 2.44 bits per heavy atom. The monoisotopic (exact) mass is 248 g/mol. The normalized spacial score (nSPS) is 13.9. The average molecular weight is 248 g/mol. The molecule has 18 heavy (non-hydrogen) atoms. The highest BCUT2D eigenvalue weighted by atomic mass is 16.5. The van der Waals surface area contributed by atoms with Gasteiger partial charge in [0.05, 0.1) is 12.2 Å². The van der Waals surface area contributed by atoms with Crippen molar-refractivity contribution in [2.45, 2.75) is 40.0 Å². The van der Waals surface area contributed by atoms with Gasteiger partial charge >= 0.3 is 5.97 Å². The van der Waals surface area contributed by atoms with Gasteiger partial charge in [0.1, 0.15) is 0 Å². The lowest BCUT2D eigenvalue weighted by atomic mass is 9.94. The van der Waals surface area contributed by atoms with Crippen LogP contribution in [0.2, 0.25) is 0 Å². The molecule has 1 aromatic rings. The third kappa shape index (κ3) is 5.35. The van der Waals surface area contributed by atoms with Crippen molar-refractivity contribution >= 4 is 5.97 Å². The second-order valence-corrected chi connectivity index (χ2v) is 5.20. The van der Waals surface area contributed by atoms with E-state index in [1.165, 1.54) is 12.8 Å². The molecule has 2 nitrogen and oxygen atoms in total. The van der Waals surface area contributed by atoms with Crippen LogP contribution in [0.25, 0.3) is 0 Å². The van der Waals surface area contributed by atoms with Crippen molar-refractivity contribution in [1.29, 1.82) is 0 Å². The Morgan fingerprint density at radius 1 is 1.17 bits per heavy atom. The third-order valence-electron chi connectivity index (χ3n) is 3.09. The predicted octanol–water partition coefficient (Wildman–Crippen LogP) is 4.31. The number of esters is 1. The van der Waals surface area contributed by atoms with Crippen molar-refractivity contribution in [2.75, 3.05) is 6.61 Å². The van der Waals surface area contributed by atoms with E-state index in [0.29, 0.717) is 24.0 Å². The Labute approximate surface area is 110 Å². The molecular weight excluding hydrogens is 224 g/mol. The molecule has 0 aliphatic heterocycles. The molecule has 0 aliphatic carbocycles. The maximum Gasteiger partial charge on any atom is 0.338 e. The number of benzene rings is 1. The second-order valence-electron chi connectivity index (χ2n) is 5.20. The standard InChI is InChI=1S/C16H24O2/c1-4-8-13(2)11-14(3)12-18-16(17)15-9-6-5-7-10-15/h5-7,9-10,13-14H,4,8,11-12H2,1-3H3. The van der Waals surface area contributed by atoms with Crippen molar-refractivity contribution in [3.8, 4) is 0 Å². The molecule has 0 aromatic heterocycles. The zero-order chi connectivity index (χ0) is 13.4. The SMILES string of the molecule is CCCC(C)CC(C)COC(=O)c1ccccc1. The lowest BCUT2D eigenvalue weighted by Crippen LogP contribution is -2.14. The molecule has 1 aromatic carbocycles. The van der Waals surface area contributed by atoms with Gasteiger partial charge in [-0.25, -0.2) is 4.79 Å². The lowest BCUT2D eigenvalue weighted by Gasteiger charge is -2.16. The molecule has 100 valence electrons. The average Bonchev–Trinajstić information content (AvgIpc) is 2.37. The van der Waals surface area contributed by atoms with Gasteiger partial charge in [0.25, 0.3) is 0 Å². The van der Waals surface area contributed by atoms with Gasteiger partial charge in [-0.15, -0.1) is 0 Å². The maximum absolute atomic E-state index is 11.7. The smallest absolute Gasteiger partial charge is 0.338 e. The quantitative estimate of drug-likeness (QED) is 0.672. The summed E-state index contributed by atoms with van der Waals surface area (Å²) in [4.78, 5) is 11.7. The van der Waals surface area contributed by atoms with E-state index in [4.69, 9.17) is 4.74 Å². The molecule has 0 N–H and O–H groups in total. The summed E-state index contributed by atoms with van der Waals surface area (Å²) in [6.07, 6.45) is 3.59. The zero-order valence-corrected chi connectivity index (χ0v) is 11.7. The summed E-state index contributed by atoms with van der Waals surface area (Å²) in [6, 6.07) is 9.16. The first-order chi connectivity index (χ1) is 8.63. The Hall–Kier alpha value is -1.31. The van der Waals surface area contributed by atoms with Crippen molar-refractivity contribution in [1.82, 2.24) is 0 Å². The lowest BCUT2D eigenvalue weighted by molar-refractivity contribution is 0.0433. The molecule has 0 saturated carbocycles. The first-order valence-corrected chi connectivity index (χ1v) is 6.85. The van der Waals surface area contributed by atoms with Gasteiger partial charge in [-0.05, 0) is 30.4 Å². The van der Waals surface area contributed by atoms with Gasteiger partial charge in [-0.3, -0.25) is 0 Å². The van der Waals surface area contributed by atoms with Crippen LogP contribution in [0.1, 0.15) is 50.4 Å². The van der Waals surface area contributed by atoms with Crippen molar-refractivity contribution in [3.63, 3.8) is 0 Å². The van der Waals surface area contributed by atoms with Crippen molar-refractivity contribution in [3.05, 3.63) is 35.9 Å². The molecule has 0 bridgehead atoms. The van der Waals surface area contributed by atoms with Gasteiger partial charge in [0.15, 0.2) is 0 Å². The van der Waals surface area contributed by atoms with Gasteiger partial charge < -0.3 is 4.74 Å². The van der Waals surface area contributed by atoms with E-state index >= 15 is 0 Å². The molecule has 2 heteroatoms. The van der Waals surface area contributed by atoms with Crippen LogP contribution < -0.4 is 0 Å². The van der Waals surface area contributed by atoms with Crippen LogP contribution in [0.4, 0.5) is 0 Å². The Balaban J connectivity index is 2.30. The topological polar surface area (TPSA) is 26.3 Å². The fourth-order valence-corrected chi connectivity index (χ4v) is 2.24. The van der Waals surface area contributed by atoms with Crippen LogP contribution in [0.5, 0.6) is 0 Å². The van der Waals surface area contributed by atoms with E-state index in [2.05, 4.69) is 20.8 Å². The van der Waals surface area contributed by atoms with Gasteiger partial charge in [-0.2, -0.15) is 0 Å². The van der Waals surface area contributed by atoms with E-state index < -0.39 is 0 Å². The highest BCUT2D eigenvalue weighted by molar-refractivity contribution is 5.89. The van der Waals surface area contributed by atoms with Gasteiger partial charge in [0.2, 0.25) is 0 Å². The fraction of sp³-hybridized carbons (Fsp3) is 0.562. The molecule has 0 radical (unpaired) electrons. The summed E-state index contributed by atoms with van der Waals surface area (Å²) in [5, 5.41) is 0. The maximum atomic E-state index is 11.7. The Morgan fingerprint density at radius 2 is 1.83 bits per heavy atom. The number of hydrogen-bond donors (Lipinski definition) is 0. The minimum Gasteiger partial charge on any atom is -0.462 e. The highest BCUT2D eigenvalue weighted by Crippen LogP contribution is 2.17. The Bertz CT molecular complexity index is 345. The van der Waals surface area contributed by atoms with E-state index in [1.54, 1.807) is 12.1 Å². The summed E-state index contributed by atoms with van der Waals surface area (Å²) >= 11 is 0. The molecule has 2 atom stereocenters. The summed E-state index contributed by atoms with van der Waals surface area (Å²) < 4.78 is 5.33. The largest absolute Gasteiger partial charge is 0.462 e. The number of rotatable bonds is 7. The molecule has 0 amide bonds. The van der Waals surface area contributed by atoms with E-state index in [9.17, 15) is 4.79 Å². The van der Waals surface area contributed by atoms with Gasteiger partial charge in [0, 0.05) is 0 Å². The summed E-state index contributed by atoms with van der Waals surface area (Å²) in [7, 11) is 0. The van der Waals surface area contributed by atoms with Crippen LogP contribution in [-0.2, 0) is 4.74 Å². The third-order valence-corrected chi connectivity index (χ3v) is 3.09. The number of carbonyl (C=O) groups is 1. The minimum atomic E-state index is -0.217. The van der Waals surface area contributed by atoms with E-state index in [-0.39, 0.29) is 5.97 Å². The number of ether oxygens (including phenoxy) is 1. The van der Waals surface area contributed by atoms with Crippen LogP contribution in [0.3, 0.4) is 0 Å². The van der Waals surface area contributed by atoms with Crippen LogP contribution in [0.15, 0.2) is 30.3 Å². The van der Waals surface area contributed by atoms with Crippen LogP contribution in [0, 0.1) is 11.8 Å². The zero-order valence-electron chi connectivity index (χ0n) is 11.7.